The van der Waals surface area contributed by atoms with Crippen molar-refractivity contribution >= 4 is 34.1 Å². The molecule has 1 aliphatic rings. The summed E-state index contributed by atoms with van der Waals surface area (Å²) in [5.41, 5.74) is 3.36. The lowest BCUT2D eigenvalue weighted by molar-refractivity contribution is 0.0874. The second kappa shape index (κ2) is 10.2. The van der Waals surface area contributed by atoms with Gasteiger partial charge in [-0.3, -0.25) is 4.79 Å². The lowest BCUT2D eigenvalue weighted by Gasteiger charge is -2.32. The molecule has 0 amide bonds. The van der Waals surface area contributed by atoms with Gasteiger partial charge in [0.05, 0.1) is 0 Å². The van der Waals surface area contributed by atoms with E-state index in [1.54, 1.807) is 11.8 Å². The Hall–Kier alpha value is -1.69. The molecular formula is C23H28N2OS2. The maximum Gasteiger partial charge on any atom is 0.166 e. The van der Waals surface area contributed by atoms with E-state index in [2.05, 4.69) is 60.3 Å². The van der Waals surface area contributed by atoms with Crippen molar-refractivity contribution in [2.24, 2.45) is 5.92 Å². The van der Waals surface area contributed by atoms with Crippen LogP contribution in [-0.4, -0.2) is 47.1 Å². The molecule has 5 heteroatoms. The van der Waals surface area contributed by atoms with Crippen molar-refractivity contribution in [2.45, 2.75) is 25.1 Å². The summed E-state index contributed by atoms with van der Waals surface area (Å²) in [6.07, 6.45) is 1.76. The molecule has 3 nitrogen and oxygen atoms in total. The summed E-state index contributed by atoms with van der Waals surface area (Å²) in [6.45, 7) is 2.64. The molecule has 0 spiro atoms. The average molecular weight is 413 g/mol. The zero-order valence-corrected chi connectivity index (χ0v) is 18.3. The van der Waals surface area contributed by atoms with Crippen LogP contribution < -0.4 is 0 Å². The van der Waals surface area contributed by atoms with E-state index in [0.29, 0.717) is 0 Å². The molecule has 1 aliphatic heterocycles. The van der Waals surface area contributed by atoms with E-state index in [4.69, 9.17) is 12.2 Å². The van der Waals surface area contributed by atoms with Crippen molar-refractivity contribution in [3.63, 3.8) is 0 Å². The van der Waals surface area contributed by atoms with Crippen molar-refractivity contribution in [3.8, 4) is 0 Å². The molecule has 0 aromatic heterocycles. The van der Waals surface area contributed by atoms with Gasteiger partial charge in [-0.05, 0) is 38.1 Å². The molecular weight excluding hydrogens is 384 g/mol. The third-order valence-corrected chi connectivity index (χ3v) is 6.66. The quantitative estimate of drug-likeness (QED) is 0.498. The Labute approximate surface area is 178 Å². The summed E-state index contributed by atoms with van der Waals surface area (Å²) in [5.74, 6) is 1.29. The fourth-order valence-electron chi connectivity index (χ4n) is 3.51. The number of thioether (sulfide) groups is 1. The number of benzene rings is 2. The van der Waals surface area contributed by atoms with Crippen LogP contribution in [0.25, 0.3) is 0 Å². The van der Waals surface area contributed by atoms with E-state index in [-0.39, 0.29) is 11.7 Å². The third-order valence-electron chi connectivity index (χ3n) is 5.07. The minimum absolute atomic E-state index is 0.109. The van der Waals surface area contributed by atoms with E-state index in [1.807, 2.05) is 18.2 Å². The Morgan fingerprint density at radius 3 is 2.29 bits per heavy atom. The third kappa shape index (κ3) is 5.90. The molecule has 3 rings (SSSR count). The van der Waals surface area contributed by atoms with Crippen molar-refractivity contribution < 1.29 is 4.79 Å². The van der Waals surface area contributed by atoms with Crippen LogP contribution in [0.2, 0.25) is 0 Å². The lowest BCUT2D eigenvalue weighted by Crippen LogP contribution is -2.38. The summed E-state index contributed by atoms with van der Waals surface area (Å²) in [7, 11) is 4.10. The molecule has 28 heavy (non-hydrogen) atoms. The van der Waals surface area contributed by atoms with Gasteiger partial charge in [0.1, 0.15) is 4.32 Å². The summed E-state index contributed by atoms with van der Waals surface area (Å²) < 4.78 is 0.947. The zero-order valence-electron chi connectivity index (χ0n) is 16.6. The summed E-state index contributed by atoms with van der Waals surface area (Å²) in [5, 5.41) is 0. The lowest BCUT2D eigenvalue weighted by atomic mass is 9.89. The Morgan fingerprint density at radius 2 is 1.68 bits per heavy atom. The molecule has 0 bridgehead atoms. The molecule has 2 aromatic carbocycles. The van der Waals surface area contributed by atoms with Gasteiger partial charge in [0.15, 0.2) is 5.78 Å². The number of carbonyl (C=O) groups is 1. The standard InChI is InChI=1S/C23H28N2OS2/c1-24(2)16-18-8-10-20(11-9-18)22(26)21-12-14-25(15-13-21)23(27)28-17-19-6-4-3-5-7-19/h3-11,21H,12-17H2,1-2H3. The van der Waals surface area contributed by atoms with E-state index in [0.717, 1.165) is 48.1 Å². The Morgan fingerprint density at radius 1 is 1.04 bits per heavy atom. The second-order valence-electron chi connectivity index (χ2n) is 7.60. The largest absolute Gasteiger partial charge is 0.357 e. The van der Waals surface area contributed by atoms with Crippen molar-refractivity contribution in [1.29, 1.82) is 0 Å². The topological polar surface area (TPSA) is 23.6 Å². The number of Topliss-reactive ketones (excluding diaryl/α,β-unsaturated/α-hetero) is 1. The van der Waals surface area contributed by atoms with Crippen molar-refractivity contribution in [2.75, 3.05) is 27.2 Å². The number of hydrogen-bond donors (Lipinski definition) is 0. The monoisotopic (exact) mass is 412 g/mol. The summed E-state index contributed by atoms with van der Waals surface area (Å²) in [4.78, 5) is 17.2. The summed E-state index contributed by atoms with van der Waals surface area (Å²) >= 11 is 7.34. The molecule has 0 radical (unpaired) electrons. The first-order valence-electron chi connectivity index (χ1n) is 9.76. The van der Waals surface area contributed by atoms with Crippen LogP contribution in [0, 0.1) is 5.92 Å². The number of carbonyl (C=O) groups excluding carboxylic acids is 1. The number of nitrogens with zero attached hydrogens (tertiary/aromatic N) is 2. The average Bonchev–Trinajstić information content (AvgIpc) is 2.72. The first-order valence-corrected chi connectivity index (χ1v) is 11.2. The number of thiocarbonyl (C=S) groups is 1. The molecule has 0 saturated carbocycles. The number of likely N-dealkylation sites (tertiary alicyclic amines) is 1. The highest BCUT2D eigenvalue weighted by atomic mass is 32.2. The van der Waals surface area contributed by atoms with Crippen LogP contribution in [0.4, 0.5) is 0 Å². The minimum atomic E-state index is 0.109. The molecule has 1 saturated heterocycles. The normalized spacial score (nSPS) is 15.0. The van der Waals surface area contributed by atoms with Gasteiger partial charge in [-0.25, -0.2) is 0 Å². The summed E-state index contributed by atoms with van der Waals surface area (Å²) in [6, 6.07) is 18.5. The van der Waals surface area contributed by atoms with Crippen molar-refractivity contribution in [1.82, 2.24) is 9.80 Å². The van der Waals surface area contributed by atoms with Gasteiger partial charge >= 0.3 is 0 Å². The van der Waals surface area contributed by atoms with Crippen LogP contribution in [0.3, 0.4) is 0 Å². The van der Waals surface area contributed by atoms with Gasteiger partial charge in [-0.15, -0.1) is 0 Å². The number of piperidine rings is 1. The molecule has 0 atom stereocenters. The van der Waals surface area contributed by atoms with Crippen LogP contribution in [0.5, 0.6) is 0 Å². The molecule has 0 unspecified atom stereocenters. The van der Waals surface area contributed by atoms with Gasteiger partial charge in [-0.2, -0.15) is 0 Å². The second-order valence-corrected chi connectivity index (χ2v) is 9.21. The smallest absolute Gasteiger partial charge is 0.166 e. The van der Waals surface area contributed by atoms with Gasteiger partial charge in [0, 0.05) is 36.9 Å². The maximum atomic E-state index is 12.9. The molecule has 0 aliphatic carbocycles. The molecule has 1 heterocycles. The fourth-order valence-corrected chi connectivity index (χ4v) is 4.72. The Balaban J connectivity index is 1.47. The highest BCUT2D eigenvalue weighted by Gasteiger charge is 2.26. The Bertz CT molecular complexity index is 782. The SMILES string of the molecule is CN(C)Cc1ccc(C(=O)C2CCN(C(=S)SCc3ccccc3)CC2)cc1. The predicted octanol–water partition coefficient (Wildman–Crippen LogP) is 4.86. The minimum Gasteiger partial charge on any atom is -0.357 e. The van der Waals surface area contributed by atoms with E-state index in [1.165, 1.54) is 11.1 Å². The number of hydrogen-bond acceptors (Lipinski definition) is 4. The van der Waals surface area contributed by atoms with Gasteiger partial charge in [0.2, 0.25) is 0 Å². The van der Waals surface area contributed by atoms with Gasteiger partial charge in [-0.1, -0.05) is 78.6 Å². The van der Waals surface area contributed by atoms with E-state index in [9.17, 15) is 4.79 Å². The number of rotatable bonds is 6. The highest BCUT2D eigenvalue weighted by molar-refractivity contribution is 8.22. The molecule has 0 N–H and O–H groups in total. The molecule has 2 aromatic rings. The van der Waals surface area contributed by atoms with E-state index >= 15 is 0 Å². The van der Waals surface area contributed by atoms with Gasteiger partial charge in [0.25, 0.3) is 0 Å². The zero-order chi connectivity index (χ0) is 19.9. The van der Waals surface area contributed by atoms with Crippen LogP contribution in [0.15, 0.2) is 54.6 Å². The predicted molar refractivity (Wildman–Crippen MR) is 123 cm³/mol. The molecule has 148 valence electrons. The van der Waals surface area contributed by atoms with Gasteiger partial charge < -0.3 is 9.80 Å². The first-order chi connectivity index (χ1) is 13.5. The van der Waals surface area contributed by atoms with E-state index < -0.39 is 0 Å². The fraction of sp³-hybridized carbons (Fsp3) is 0.391. The number of ketones is 1. The van der Waals surface area contributed by atoms with Crippen LogP contribution in [0.1, 0.15) is 34.3 Å². The maximum absolute atomic E-state index is 12.9. The first kappa shape index (κ1) is 21.0. The van der Waals surface area contributed by atoms with Crippen molar-refractivity contribution in [3.05, 3.63) is 71.3 Å². The molecule has 1 fully saturated rings. The highest BCUT2D eigenvalue weighted by Crippen LogP contribution is 2.25. The van der Waals surface area contributed by atoms with Crippen LogP contribution in [-0.2, 0) is 12.3 Å². The van der Waals surface area contributed by atoms with Crippen LogP contribution >= 0.6 is 24.0 Å². The Kier molecular flexibility index (Phi) is 7.65.